The maximum atomic E-state index is 13.6. The lowest BCUT2D eigenvalue weighted by Gasteiger charge is -2.09. The van der Waals surface area contributed by atoms with Crippen molar-refractivity contribution in [2.45, 2.75) is 23.8 Å². The summed E-state index contributed by atoms with van der Waals surface area (Å²) in [6, 6.07) is 6.14. The van der Waals surface area contributed by atoms with Gasteiger partial charge in [-0.05, 0) is 31.5 Å². The minimum atomic E-state index is -1.09. The van der Waals surface area contributed by atoms with Crippen LogP contribution < -0.4 is 0 Å². The predicted octanol–water partition coefficient (Wildman–Crippen LogP) is 3.08. The van der Waals surface area contributed by atoms with Crippen molar-refractivity contribution in [2.75, 3.05) is 0 Å². The molecule has 4 nitrogen and oxygen atoms in total. The van der Waals surface area contributed by atoms with Crippen LogP contribution in [0.2, 0.25) is 0 Å². The number of rotatable bonds is 3. The van der Waals surface area contributed by atoms with E-state index in [1.807, 2.05) is 0 Å². The van der Waals surface area contributed by atoms with Crippen molar-refractivity contribution in [1.29, 1.82) is 0 Å². The van der Waals surface area contributed by atoms with Gasteiger partial charge in [-0.3, -0.25) is 0 Å². The molecule has 0 amide bonds. The third-order valence-electron chi connectivity index (χ3n) is 2.68. The van der Waals surface area contributed by atoms with Gasteiger partial charge in [-0.2, -0.15) is 5.10 Å². The molecule has 0 aliphatic heterocycles. The van der Waals surface area contributed by atoms with Gasteiger partial charge < -0.3 is 5.11 Å². The molecule has 2 rings (SSSR count). The molecular formula is C13H11FN2O2S. The maximum absolute atomic E-state index is 13.6. The molecule has 19 heavy (non-hydrogen) atoms. The van der Waals surface area contributed by atoms with E-state index in [0.717, 1.165) is 11.8 Å². The first-order valence-corrected chi connectivity index (χ1v) is 6.32. The molecule has 0 aliphatic rings. The van der Waals surface area contributed by atoms with Crippen molar-refractivity contribution in [3.05, 3.63) is 46.9 Å². The Labute approximate surface area is 113 Å². The monoisotopic (exact) mass is 278 g/mol. The zero-order chi connectivity index (χ0) is 14.0. The van der Waals surface area contributed by atoms with Gasteiger partial charge in [-0.25, -0.2) is 9.18 Å². The van der Waals surface area contributed by atoms with Gasteiger partial charge in [0.15, 0.2) is 0 Å². The summed E-state index contributed by atoms with van der Waals surface area (Å²) < 4.78 is 13.6. The summed E-state index contributed by atoms with van der Waals surface area (Å²) >= 11 is 0.963. The number of benzene rings is 1. The van der Waals surface area contributed by atoms with Gasteiger partial charge in [0.05, 0.1) is 11.3 Å². The van der Waals surface area contributed by atoms with Crippen molar-refractivity contribution in [3.8, 4) is 0 Å². The molecule has 0 spiro atoms. The number of carboxylic acid groups (broad SMARTS) is 1. The van der Waals surface area contributed by atoms with Crippen molar-refractivity contribution in [2.24, 2.45) is 0 Å². The average Bonchev–Trinajstić information content (AvgIpc) is 2.36. The molecule has 0 unspecified atom stereocenters. The summed E-state index contributed by atoms with van der Waals surface area (Å²) in [5, 5.41) is 17.2. The minimum Gasteiger partial charge on any atom is -0.478 e. The lowest BCUT2D eigenvalue weighted by Crippen LogP contribution is -2.08. The van der Waals surface area contributed by atoms with Crippen LogP contribution in [0.1, 0.15) is 21.6 Å². The van der Waals surface area contributed by atoms with E-state index in [0.29, 0.717) is 16.2 Å². The van der Waals surface area contributed by atoms with Gasteiger partial charge >= 0.3 is 5.97 Å². The van der Waals surface area contributed by atoms with Crippen LogP contribution in [0.4, 0.5) is 4.39 Å². The van der Waals surface area contributed by atoms with Crippen LogP contribution in [-0.2, 0) is 0 Å². The quantitative estimate of drug-likeness (QED) is 0.934. The van der Waals surface area contributed by atoms with Crippen molar-refractivity contribution < 1.29 is 14.3 Å². The lowest BCUT2D eigenvalue weighted by molar-refractivity contribution is 0.0690. The second-order valence-electron chi connectivity index (χ2n) is 3.93. The molecule has 1 heterocycles. The second kappa shape index (κ2) is 5.36. The molecule has 0 radical (unpaired) electrons. The Kier molecular flexibility index (Phi) is 3.80. The number of carboxylic acids is 1. The summed E-state index contributed by atoms with van der Waals surface area (Å²) in [5.41, 5.74) is 1.16. The van der Waals surface area contributed by atoms with Crippen molar-refractivity contribution >= 4 is 17.7 Å². The van der Waals surface area contributed by atoms with E-state index in [4.69, 9.17) is 0 Å². The Hall–Kier alpha value is -1.95. The van der Waals surface area contributed by atoms with E-state index in [1.54, 1.807) is 32.0 Å². The number of aromatic carboxylic acids is 1. The third kappa shape index (κ3) is 2.73. The smallest absolute Gasteiger partial charge is 0.338 e. The Bertz CT molecular complexity index is 647. The number of nitrogens with zero attached hydrogens (tertiary/aromatic N) is 2. The molecule has 1 N–H and O–H groups in total. The Morgan fingerprint density at radius 3 is 2.58 bits per heavy atom. The summed E-state index contributed by atoms with van der Waals surface area (Å²) in [5.74, 6) is -1.50. The highest BCUT2D eigenvalue weighted by Gasteiger charge is 2.19. The van der Waals surface area contributed by atoms with Gasteiger partial charge in [-0.15, -0.1) is 5.10 Å². The maximum Gasteiger partial charge on any atom is 0.338 e. The fourth-order valence-corrected chi connectivity index (χ4v) is 2.49. The van der Waals surface area contributed by atoms with Crippen LogP contribution in [0.25, 0.3) is 0 Å². The van der Waals surface area contributed by atoms with Crippen molar-refractivity contribution in [3.63, 3.8) is 0 Å². The molecule has 0 atom stereocenters. The highest BCUT2D eigenvalue weighted by molar-refractivity contribution is 7.99. The summed E-state index contributed by atoms with van der Waals surface area (Å²) in [4.78, 5) is 11.6. The predicted molar refractivity (Wildman–Crippen MR) is 69.0 cm³/mol. The van der Waals surface area contributed by atoms with Gasteiger partial charge in [0, 0.05) is 4.90 Å². The fourth-order valence-electron chi connectivity index (χ4n) is 1.54. The molecule has 1 aromatic carbocycles. The second-order valence-corrected chi connectivity index (χ2v) is 4.96. The van der Waals surface area contributed by atoms with Gasteiger partial charge in [0.1, 0.15) is 10.8 Å². The van der Waals surface area contributed by atoms with Crippen LogP contribution in [0.3, 0.4) is 0 Å². The molecule has 0 saturated heterocycles. The van der Waals surface area contributed by atoms with E-state index < -0.39 is 11.8 Å². The summed E-state index contributed by atoms with van der Waals surface area (Å²) in [6.07, 6.45) is 0. The zero-order valence-electron chi connectivity index (χ0n) is 10.3. The van der Waals surface area contributed by atoms with E-state index >= 15 is 0 Å². The molecule has 2 aromatic rings. The number of hydrogen-bond acceptors (Lipinski definition) is 4. The van der Waals surface area contributed by atoms with Crippen LogP contribution in [0.15, 0.2) is 34.2 Å². The highest BCUT2D eigenvalue weighted by Crippen LogP contribution is 2.31. The molecule has 0 saturated carbocycles. The average molecular weight is 278 g/mol. The zero-order valence-corrected chi connectivity index (χ0v) is 11.2. The molecule has 0 aliphatic carbocycles. The molecule has 0 fully saturated rings. The van der Waals surface area contributed by atoms with Crippen LogP contribution in [-0.4, -0.2) is 21.3 Å². The van der Waals surface area contributed by atoms with E-state index in [2.05, 4.69) is 10.2 Å². The van der Waals surface area contributed by atoms with Crippen LogP contribution in [0.5, 0.6) is 0 Å². The molecule has 6 heteroatoms. The highest BCUT2D eigenvalue weighted by atomic mass is 32.2. The first-order valence-electron chi connectivity index (χ1n) is 5.50. The first-order chi connectivity index (χ1) is 9.00. The summed E-state index contributed by atoms with van der Waals surface area (Å²) in [6.45, 7) is 3.35. The molecule has 98 valence electrons. The normalized spacial score (nSPS) is 10.5. The Morgan fingerprint density at radius 1 is 1.26 bits per heavy atom. The largest absolute Gasteiger partial charge is 0.478 e. The standard InChI is InChI=1S/C13H11FN2O2S/c1-7-8(2)15-16-12(11(7)13(17)18)19-10-6-4-3-5-9(10)14/h3-6H,1-2H3,(H,17,18). The van der Waals surface area contributed by atoms with E-state index in [9.17, 15) is 14.3 Å². The number of carbonyl (C=O) groups is 1. The molecule has 1 aromatic heterocycles. The minimum absolute atomic E-state index is 0.0701. The number of aromatic nitrogens is 2. The van der Waals surface area contributed by atoms with E-state index in [1.165, 1.54) is 6.07 Å². The summed E-state index contributed by atoms with van der Waals surface area (Å²) in [7, 11) is 0. The van der Waals surface area contributed by atoms with Gasteiger partial charge in [0.2, 0.25) is 0 Å². The fraction of sp³-hybridized carbons (Fsp3) is 0.154. The van der Waals surface area contributed by atoms with Gasteiger partial charge in [-0.1, -0.05) is 23.9 Å². The Morgan fingerprint density at radius 2 is 1.95 bits per heavy atom. The van der Waals surface area contributed by atoms with Gasteiger partial charge in [0.25, 0.3) is 0 Å². The van der Waals surface area contributed by atoms with E-state index in [-0.39, 0.29) is 10.6 Å². The number of aryl methyl sites for hydroxylation is 1. The van der Waals surface area contributed by atoms with Crippen LogP contribution in [0, 0.1) is 19.7 Å². The topological polar surface area (TPSA) is 63.1 Å². The first kappa shape index (κ1) is 13.5. The number of halogens is 1. The Balaban J connectivity index is 2.49. The third-order valence-corrected chi connectivity index (χ3v) is 3.71. The van der Waals surface area contributed by atoms with Crippen LogP contribution >= 0.6 is 11.8 Å². The molecular weight excluding hydrogens is 267 g/mol. The SMILES string of the molecule is Cc1nnc(Sc2ccccc2F)c(C(=O)O)c1C. The molecule has 0 bridgehead atoms. The number of hydrogen-bond donors (Lipinski definition) is 1. The lowest BCUT2D eigenvalue weighted by atomic mass is 10.1. The van der Waals surface area contributed by atoms with Crippen molar-refractivity contribution in [1.82, 2.24) is 10.2 Å².